The third kappa shape index (κ3) is 2.74. The minimum atomic E-state index is -0.540. The highest BCUT2D eigenvalue weighted by Crippen LogP contribution is 2.23. The molecule has 3 heteroatoms. The molecule has 0 aliphatic carbocycles. The Balaban J connectivity index is 2.02. The molecule has 3 N–H and O–H groups in total. The van der Waals surface area contributed by atoms with E-state index >= 15 is 0 Å². The Bertz CT molecular complexity index is 363. The van der Waals surface area contributed by atoms with Gasteiger partial charge in [-0.2, -0.15) is 0 Å². The van der Waals surface area contributed by atoms with Gasteiger partial charge < -0.3 is 10.8 Å². The number of rotatable bonds is 2. The van der Waals surface area contributed by atoms with Gasteiger partial charge in [0.2, 0.25) is 0 Å². The van der Waals surface area contributed by atoms with Gasteiger partial charge in [0.25, 0.3) is 0 Å². The Morgan fingerprint density at radius 2 is 2.19 bits per heavy atom. The van der Waals surface area contributed by atoms with E-state index in [0.717, 1.165) is 43.7 Å². The number of hydrogen-bond acceptors (Lipinski definition) is 3. The van der Waals surface area contributed by atoms with E-state index in [0.29, 0.717) is 0 Å². The van der Waals surface area contributed by atoms with Gasteiger partial charge in [0, 0.05) is 18.8 Å². The molecule has 0 bridgehead atoms. The van der Waals surface area contributed by atoms with Gasteiger partial charge >= 0.3 is 0 Å². The van der Waals surface area contributed by atoms with Crippen LogP contribution in [0.3, 0.4) is 0 Å². The molecule has 0 saturated carbocycles. The van der Waals surface area contributed by atoms with Gasteiger partial charge in [-0.05, 0) is 37.9 Å². The van der Waals surface area contributed by atoms with E-state index in [1.165, 1.54) is 0 Å². The highest BCUT2D eigenvalue weighted by molar-refractivity contribution is 5.46. The van der Waals surface area contributed by atoms with Crippen molar-refractivity contribution in [1.29, 1.82) is 0 Å². The third-order valence-electron chi connectivity index (χ3n) is 3.20. The number of benzene rings is 1. The Labute approximate surface area is 96.9 Å². The van der Waals surface area contributed by atoms with E-state index in [1.54, 1.807) is 0 Å². The van der Waals surface area contributed by atoms with Crippen molar-refractivity contribution in [1.82, 2.24) is 4.90 Å². The summed E-state index contributed by atoms with van der Waals surface area (Å²) in [5.41, 5.74) is 7.37. The summed E-state index contributed by atoms with van der Waals surface area (Å²) >= 11 is 0. The van der Waals surface area contributed by atoms with Crippen molar-refractivity contribution in [3.8, 4) is 0 Å². The van der Waals surface area contributed by atoms with Crippen LogP contribution in [0.15, 0.2) is 24.3 Å². The van der Waals surface area contributed by atoms with Crippen LogP contribution in [0.1, 0.15) is 25.3 Å². The molecule has 1 aromatic carbocycles. The zero-order chi connectivity index (χ0) is 11.6. The molecule has 0 amide bonds. The minimum Gasteiger partial charge on any atom is -0.398 e. The van der Waals surface area contributed by atoms with Crippen LogP contribution in [0.4, 0.5) is 5.69 Å². The van der Waals surface area contributed by atoms with E-state index in [4.69, 9.17) is 5.73 Å². The molecule has 1 aliphatic rings. The van der Waals surface area contributed by atoms with Gasteiger partial charge in [0.15, 0.2) is 0 Å². The summed E-state index contributed by atoms with van der Waals surface area (Å²) in [7, 11) is 0. The number of likely N-dealkylation sites (tertiary alicyclic amines) is 1. The molecule has 88 valence electrons. The van der Waals surface area contributed by atoms with Crippen LogP contribution in [-0.2, 0) is 6.54 Å². The second kappa shape index (κ2) is 4.44. The summed E-state index contributed by atoms with van der Waals surface area (Å²) < 4.78 is 0. The van der Waals surface area contributed by atoms with Crippen LogP contribution in [0, 0.1) is 0 Å². The lowest BCUT2D eigenvalue weighted by Gasteiger charge is -2.37. The van der Waals surface area contributed by atoms with Crippen LogP contribution >= 0.6 is 0 Å². The molecule has 1 saturated heterocycles. The summed E-state index contributed by atoms with van der Waals surface area (Å²) in [4.78, 5) is 2.27. The Morgan fingerprint density at radius 1 is 1.44 bits per heavy atom. The van der Waals surface area contributed by atoms with E-state index in [-0.39, 0.29) is 0 Å². The number of nitrogen functional groups attached to an aromatic ring is 1. The number of aliphatic hydroxyl groups is 1. The van der Waals surface area contributed by atoms with Crippen molar-refractivity contribution < 1.29 is 5.11 Å². The first-order chi connectivity index (χ1) is 7.57. The number of anilines is 1. The topological polar surface area (TPSA) is 49.5 Å². The van der Waals surface area contributed by atoms with Crippen molar-refractivity contribution in [2.24, 2.45) is 0 Å². The summed E-state index contributed by atoms with van der Waals surface area (Å²) in [5, 5.41) is 10.0. The van der Waals surface area contributed by atoms with Gasteiger partial charge in [0.1, 0.15) is 0 Å². The van der Waals surface area contributed by atoms with Crippen molar-refractivity contribution in [2.45, 2.75) is 31.9 Å². The van der Waals surface area contributed by atoms with Crippen molar-refractivity contribution in [3.05, 3.63) is 29.8 Å². The molecule has 0 spiro atoms. The van der Waals surface area contributed by atoms with Crippen LogP contribution in [0.2, 0.25) is 0 Å². The van der Waals surface area contributed by atoms with Gasteiger partial charge in [-0.15, -0.1) is 0 Å². The molecular formula is C13H20N2O. The molecule has 1 heterocycles. The lowest BCUT2D eigenvalue weighted by Crippen LogP contribution is -2.45. The molecule has 3 nitrogen and oxygen atoms in total. The first kappa shape index (κ1) is 11.4. The van der Waals surface area contributed by atoms with Gasteiger partial charge in [-0.3, -0.25) is 4.90 Å². The molecule has 1 unspecified atom stereocenters. The molecule has 0 aromatic heterocycles. The predicted octanol–water partition coefficient (Wildman–Crippen LogP) is 1.62. The number of nitrogens with two attached hydrogens (primary N) is 1. The SMILES string of the molecule is CC1(O)CCCN(Cc2ccccc2N)C1. The molecule has 1 fully saturated rings. The number of β-amino-alcohol motifs (C(OH)–C–C–N with tert-alkyl or cyclic N) is 1. The van der Waals surface area contributed by atoms with Crippen LogP contribution in [0.5, 0.6) is 0 Å². The molecular weight excluding hydrogens is 200 g/mol. The number of hydrogen-bond donors (Lipinski definition) is 2. The average Bonchev–Trinajstić information content (AvgIpc) is 2.20. The maximum atomic E-state index is 10.0. The lowest BCUT2D eigenvalue weighted by atomic mass is 9.95. The standard InChI is InChI=1S/C13H20N2O/c1-13(16)7-4-8-15(10-13)9-11-5-2-3-6-12(11)14/h2-3,5-6,16H,4,7-10,14H2,1H3. The van der Waals surface area contributed by atoms with Crippen LogP contribution in [-0.4, -0.2) is 28.7 Å². The molecule has 1 aliphatic heterocycles. The van der Waals surface area contributed by atoms with Gasteiger partial charge in [-0.25, -0.2) is 0 Å². The predicted molar refractivity (Wildman–Crippen MR) is 66.0 cm³/mol. The Morgan fingerprint density at radius 3 is 2.88 bits per heavy atom. The van der Waals surface area contributed by atoms with E-state index in [1.807, 2.05) is 25.1 Å². The van der Waals surface area contributed by atoms with E-state index in [9.17, 15) is 5.11 Å². The van der Waals surface area contributed by atoms with Crippen LogP contribution < -0.4 is 5.73 Å². The largest absolute Gasteiger partial charge is 0.398 e. The lowest BCUT2D eigenvalue weighted by molar-refractivity contribution is -0.0180. The molecule has 1 aromatic rings. The van der Waals surface area contributed by atoms with E-state index in [2.05, 4.69) is 11.0 Å². The maximum Gasteiger partial charge on any atom is 0.0746 e. The normalized spacial score (nSPS) is 26.9. The summed E-state index contributed by atoms with van der Waals surface area (Å²) in [5.74, 6) is 0. The second-order valence-electron chi connectivity index (χ2n) is 5.01. The number of nitrogens with zero attached hydrogens (tertiary/aromatic N) is 1. The highest BCUT2D eigenvalue weighted by Gasteiger charge is 2.28. The molecule has 2 rings (SSSR count). The van der Waals surface area contributed by atoms with Crippen molar-refractivity contribution >= 4 is 5.69 Å². The zero-order valence-corrected chi connectivity index (χ0v) is 9.82. The first-order valence-corrected chi connectivity index (χ1v) is 5.85. The Kier molecular flexibility index (Phi) is 3.17. The number of piperidine rings is 1. The Hall–Kier alpha value is -1.06. The highest BCUT2D eigenvalue weighted by atomic mass is 16.3. The van der Waals surface area contributed by atoms with Gasteiger partial charge in [0.05, 0.1) is 5.60 Å². The van der Waals surface area contributed by atoms with Crippen molar-refractivity contribution in [3.63, 3.8) is 0 Å². The fourth-order valence-electron chi connectivity index (χ4n) is 2.38. The first-order valence-electron chi connectivity index (χ1n) is 5.85. The second-order valence-corrected chi connectivity index (χ2v) is 5.01. The molecule has 16 heavy (non-hydrogen) atoms. The fraction of sp³-hybridized carbons (Fsp3) is 0.538. The minimum absolute atomic E-state index is 0.540. The molecule has 0 radical (unpaired) electrons. The summed E-state index contributed by atoms with van der Waals surface area (Å²) in [6.45, 7) is 4.53. The third-order valence-corrected chi connectivity index (χ3v) is 3.20. The van der Waals surface area contributed by atoms with E-state index < -0.39 is 5.60 Å². The average molecular weight is 220 g/mol. The van der Waals surface area contributed by atoms with Gasteiger partial charge in [-0.1, -0.05) is 18.2 Å². The summed E-state index contributed by atoms with van der Waals surface area (Å²) in [6, 6.07) is 7.94. The summed E-state index contributed by atoms with van der Waals surface area (Å²) in [6.07, 6.45) is 1.95. The quantitative estimate of drug-likeness (QED) is 0.745. The van der Waals surface area contributed by atoms with Crippen LogP contribution in [0.25, 0.3) is 0 Å². The smallest absolute Gasteiger partial charge is 0.0746 e. The zero-order valence-electron chi connectivity index (χ0n) is 9.82. The fourth-order valence-corrected chi connectivity index (χ4v) is 2.38. The molecule has 1 atom stereocenters. The number of para-hydroxylation sites is 1. The maximum absolute atomic E-state index is 10.0. The monoisotopic (exact) mass is 220 g/mol. The van der Waals surface area contributed by atoms with Crippen molar-refractivity contribution in [2.75, 3.05) is 18.8 Å².